The fourth-order valence-corrected chi connectivity index (χ4v) is 4.97. The van der Waals surface area contributed by atoms with E-state index in [0.717, 1.165) is 11.1 Å². The minimum atomic E-state index is -2.59. The van der Waals surface area contributed by atoms with Crippen molar-refractivity contribution in [2.75, 3.05) is 11.9 Å². The van der Waals surface area contributed by atoms with Crippen LogP contribution in [0.1, 0.15) is 69.7 Å². The summed E-state index contributed by atoms with van der Waals surface area (Å²) < 4.78 is 31.4. The second-order valence-electron chi connectivity index (χ2n) is 11.4. The maximum Gasteiger partial charge on any atom is 0.309 e. The van der Waals surface area contributed by atoms with Gasteiger partial charge in [-0.25, -0.2) is 18.7 Å². The highest BCUT2D eigenvalue weighted by atomic mass is 19.3. The van der Waals surface area contributed by atoms with E-state index in [-0.39, 0.29) is 35.8 Å². The predicted octanol–water partition coefficient (Wildman–Crippen LogP) is 5.86. The predicted molar refractivity (Wildman–Crippen MR) is 147 cm³/mol. The third kappa shape index (κ3) is 7.37. The lowest BCUT2D eigenvalue weighted by atomic mass is 9.73. The van der Waals surface area contributed by atoms with Crippen LogP contribution in [0, 0.1) is 18.8 Å². The van der Waals surface area contributed by atoms with Gasteiger partial charge in [0.15, 0.2) is 0 Å². The van der Waals surface area contributed by atoms with Crippen LogP contribution in [0.5, 0.6) is 0 Å². The molecule has 0 bridgehead atoms. The molecule has 1 saturated carbocycles. The Labute approximate surface area is 232 Å². The van der Waals surface area contributed by atoms with E-state index < -0.39 is 17.6 Å². The van der Waals surface area contributed by atoms with Crippen molar-refractivity contribution in [1.82, 2.24) is 15.0 Å². The highest BCUT2D eigenvalue weighted by Crippen LogP contribution is 2.41. The largest absolute Gasteiger partial charge is 0.462 e. The third-order valence-corrected chi connectivity index (χ3v) is 7.26. The maximum atomic E-state index is 13.1. The summed E-state index contributed by atoms with van der Waals surface area (Å²) in [5.41, 5.74) is 0.426. The number of nitrogens with one attached hydrogen (secondary N) is 1. The van der Waals surface area contributed by atoms with E-state index in [0.29, 0.717) is 42.9 Å². The monoisotopic (exact) mass is 554 g/mol. The molecule has 0 unspecified atom stereocenters. The van der Waals surface area contributed by atoms with Crippen molar-refractivity contribution in [2.45, 2.75) is 71.0 Å². The van der Waals surface area contributed by atoms with Gasteiger partial charge in [-0.3, -0.25) is 9.78 Å². The fourth-order valence-electron chi connectivity index (χ4n) is 4.97. The molecule has 3 aromatic rings. The van der Waals surface area contributed by atoms with Crippen LogP contribution in [-0.2, 0) is 15.1 Å². The van der Waals surface area contributed by atoms with Gasteiger partial charge >= 0.3 is 5.97 Å². The van der Waals surface area contributed by atoms with E-state index in [9.17, 15) is 23.8 Å². The molecule has 1 aliphatic rings. The number of aliphatic hydroxyl groups is 2. The van der Waals surface area contributed by atoms with Gasteiger partial charge in [0, 0.05) is 23.5 Å². The van der Waals surface area contributed by atoms with Gasteiger partial charge in [-0.05, 0) is 101 Å². The van der Waals surface area contributed by atoms with Crippen LogP contribution >= 0.6 is 0 Å². The zero-order chi connectivity index (χ0) is 29.1. The first-order valence-electron chi connectivity index (χ1n) is 13.4. The van der Waals surface area contributed by atoms with Gasteiger partial charge < -0.3 is 20.3 Å². The van der Waals surface area contributed by atoms with Crippen molar-refractivity contribution in [1.29, 1.82) is 0 Å². The number of halogens is 2. The Morgan fingerprint density at radius 1 is 1.05 bits per heavy atom. The zero-order valence-electron chi connectivity index (χ0n) is 23.2. The topological polar surface area (TPSA) is 117 Å². The normalized spacial score (nSPS) is 19.2. The number of nitrogens with zero attached hydrogens (tertiary/aromatic N) is 3. The minimum Gasteiger partial charge on any atom is -0.462 e. The first-order chi connectivity index (χ1) is 18.8. The van der Waals surface area contributed by atoms with Gasteiger partial charge in [-0.2, -0.15) is 0 Å². The number of anilines is 2. The number of hydrogen-bond acceptors (Lipinski definition) is 8. The summed E-state index contributed by atoms with van der Waals surface area (Å²) in [6.07, 6.45) is 2.88. The van der Waals surface area contributed by atoms with Crippen molar-refractivity contribution in [3.05, 3.63) is 65.6 Å². The number of ether oxygens (including phenoxy) is 1. The number of pyridine rings is 3. The van der Waals surface area contributed by atoms with Gasteiger partial charge in [0.05, 0.1) is 22.9 Å². The van der Waals surface area contributed by atoms with E-state index in [1.807, 2.05) is 19.1 Å². The van der Waals surface area contributed by atoms with Gasteiger partial charge in [0.25, 0.3) is 6.43 Å². The number of esters is 1. The summed E-state index contributed by atoms with van der Waals surface area (Å²) in [6.45, 7) is 6.79. The summed E-state index contributed by atoms with van der Waals surface area (Å²) in [6, 6.07) is 9.87. The molecule has 3 aromatic heterocycles. The molecule has 0 aromatic carbocycles. The Morgan fingerprint density at radius 2 is 1.77 bits per heavy atom. The van der Waals surface area contributed by atoms with Crippen LogP contribution in [0.25, 0.3) is 11.3 Å². The van der Waals surface area contributed by atoms with Gasteiger partial charge in [0.1, 0.15) is 23.8 Å². The van der Waals surface area contributed by atoms with Crippen molar-refractivity contribution >= 4 is 17.6 Å². The van der Waals surface area contributed by atoms with Gasteiger partial charge in [0.2, 0.25) is 0 Å². The van der Waals surface area contributed by atoms with E-state index in [2.05, 4.69) is 20.3 Å². The molecule has 3 N–H and O–H groups in total. The molecule has 0 saturated heterocycles. The number of carbonyl (C=O) groups excluding carboxylic acids is 1. The second kappa shape index (κ2) is 11.9. The summed E-state index contributed by atoms with van der Waals surface area (Å²) in [5.74, 6) is 0.107. The molecule has 0 amide bonds. The van der Waals surface area contributed by atoms with E-state index in [1.165, 1.54) is 18.3 Å². The lowest BCUT2D eigenvalue weighted by Gasteiger charge is -2.37. The fraction of sp³-hybridized carbons (Fsp3) is 0.467. The average molecular weight is 555 g/mol. The Hall–Kier alpha value is -3.50. The van der Waals surface area contributed by atoms with Crippen LogP contribution in [0.2, 0.25) is 0 Å². The van der Waals surface area contributed by atoms with Crippen molar-refractivity contribution < 1.29 is 28.5 Å². The first-order valence-corrected chi connectivity index (χ1v) is 13.4. The van der Waals surface area contributed by atoms with Crippen LogP contribution in [0.15, 0.2) is 48.8 Å². The highest BCUT2D eigenvalue weighted by molar-refractivity contribution is 5.72. The van der Waals surface area contributed by atoms with Gasteiger partial charge in [-0.1, -0.05) is 0 Å². The number of hydrogen-bond donors (Lipinski definition) is 3. The van der Waals surface area contributed by atoms with Crippen molar-refractivity contribution in [3.63, 3.8) is 0 Å². The molecule has 3 heterocycles. The number of rotatable bonds is 9. The number of carbonyl (C=O) groups is 1. The molecule has 214 valence electrons. The van der Waals surface area contributed by atoms with Crippen molar-refractivity contribution in [3.8, 4) is 11.3 Å². The second-order valence-corrected chi connectivity index (χ2v) is 11.4. The number of aryl methyl sites for hydroxylation is 1. The summed E-state index contributed by atoms with van der Waals surface area (Å²) in [4.78, 5) is 25.7. The smallest absolute Gasteiger partial charge is 0.309 e. The maximum absolute atomic E-state index is 13.1. The summed E-state index contributed by atoms with van der Waals surface area (Å²) in [5, 5.41) is 24.2. The molecule has 10 heteroatoms. The molecule has 0 spiro atoms. The van der Waals surface area contributed by atoms with Crippen LogP contribution in [0.4, 0.5) is 20.4 Å². The third-order valence-electron chi connectivity index (χ3n) is 7.26. The summed E-state index contributed by atoms with van der Waals surface area (Å²) >= 11 is 0. The SMILES string of the molecule is Cc1cc(Nc2cc(C(F)F)ccn2)nc(-c2ccc([C@](C)(O)C3CCC(C(=O)OCC(C)(C)O)CC3)nc2)c1. The average Bonchev–Trinajstić information content (AvgIpc) is 2.91. The molecule has 1 aliphatic carbocycles. The van der Waals surface area contributed by atoms with Crippen molar-refractivity contribution in [2.24, 2.45) is 11.8 Å². The highest BCUT2D eigenvalue weighted by Gasteiger charge is 2.39. The molecule has 8 nitrogen and oxygen atoms in total. The van der Waals surface area contributed by atoms with E-state index in [1.54, 1.807) is 39.1 Å². The Balaban J connectivity index is 1.43. The first kappa shape index (κ1) is 29.5. The minimum absolute atomic E-state index is 0.0458. The molecular weight excluding hydrogens is 518 g/mol. The Bertz CT molecular complexity index is 1320. The molecule has 0 aliphatic heterocycles. The summed E-state index contributed by atoms with van der Waals surface area (Å²) in [7, 11) is 0. The molecule has 40 heavy (non-hydrogen) atoms. The Morgan fingerprint density at radius 3 is 2.40 bits per heavy atom. The van der Waals surface area contributed by atoms with E-state index >= 15 is 0 Å². The molecule has 4 rings (SSSR count). The number of alkyl halides is 2. The van der Waals surface area contributed by atoms with Crippen LogP contribution < -0.4 is 5.32 Å². The van der Waals surface area contributed by atoms with Crippen LogP contribution in [-0.4, -0.2) is 43.3 Å². The quantitative estimate of drug-likeness (QED) is 0.282. The molecule has 1 atom stereocenters. The standard InChI is InChI=1S/C30H36F2N4O4/c1-18-13-23(35-26(14-18)36-25-15-20(27(31)32)11-12-33-25)21-7-10-24(34-16-21)30(4,39)22-8-5-19(6-9-22)28(37)40-17-29(2,3)38/h7,10-16,19,22,27,38-39H,5-6,8-9,17H2,1-4H3,(H,33,35,36)/t19?,22?,30-/m1/s1. The molecule has 1 fully saturated rings. The van der Waals surface area contributed by atoms with Crippen LogP contribution in [0.3, 0.4) is 0 Å². The van der Waals surface area contributed by atoms with Gasteiger partial charge in [-0.15, -0.1) is 0 Å². The van der Waals surface area contributed by atoms with E-state index in [4.69, 9.17) is 4.74 Å². The number of aromatic nitrogens is 3. The lowest BCUT2D eigenvalue weighted by molar-refractivity contribution is -0.157. The molecular formula is C30H36F2N4O4. The molecule has 0 radical (unpaired) electrons. The zero-order valence-corrected chi connectivity index (χ0v) is 23.2. The lowest BCUT2D eigenvalue weighted by Crippen LogP contribution is -2.37. The Kier molecular flexibility index (Phi) is 8.80.